The van der Waals surface area contributed by atoms with Gasteiger partial charge in [-0.1, -0.05) is 0 Å². The Kier molecular flexibility index (Phi) is 1.80. The zero-order valence-electron chi connectivity index (χ0n) is 6.40. The largest absolute Gasteiger partial charge is 0.398 e. The Balaban J connectivity index is 2.55. The summed E-state index contributed by atoms with van der Waals surface area (Å²) < 4.78 is 0. The van der Waals surface area contributed by atoms with E-state index in [2.05, 4.69) is 10.4 Å². The smallest absolute Gasteiger partial charge is 0.0425 e. The van der Waals surface area contributed by atoms with Gasteiger partial charge in [-0.25, -0.2) is 0 Å². The number of nitrogens with two attached hydrogens (primary N) is 1. The minimum Gasteiger partial charge on any atom is -0.398 e. The summed E-state index contributed by atoms with van der Waals surface area (Å²) in [4.78, 5) is 4.03. The number of hydrogen-bond acceptors (Lipinski definition) is 3. The molecule has 2 N–H and O–H groups in total. The zero-order valence-corrected chi connectivity index (χ0v) is 7.21. The predicted octanol–water partition coefficient (Wildman–Crippen LogP) is 2.39. The van der Waals surface area contributed by atoms with Gasteiger partial charge < -0.3 is 5.73 Å². The van der Waals surface area contributed by atoms with E-state index >= 15 is 0 Å². The lowest BCUT2D eigenvalue weighted by atomic mass is 10.1. The van der Waals surface area contributed by atoms with E-state index in [0.29, 0.717) is 0 Å². The van der Waals surface area contributed by atoms with Crippen molar-refractivity contribution in [3.8, 4) is 11.1 Å². The van der Waals surface area contributed by atoms with Gasteiger partial charge in [-0.3, -0.25) is 4.98 Å². The number of hydrogen-bond donors (Lipinski definition) is 1. The van der Waals surface area contributed by atoms with Crippen LogP contribution in [0.5, 0.6) is 0 Å². The maximum atomic E-state index is 5.78. The summed E-state index contributed by atoms with van der Waals surface area (Å²) in [6, 6.07) is 3.85. The zero-order chi connectivity index (χ0) is 8.39. The van der Waals surface area contributed by atoms with E-state index in [9.17, 15) is 0 Å². The van der Waals surface area contributed by atoms with E-state index in [1.807, 2.05) is 17.5 Å². The Bertz CT molecular complexity index is 368. The number of pyridine rings is 1. The van der Waals surface area contributed by atoms with Gasteiger partial charge in [-0.2, -0.15) is 11.3 Å². The minimum atomic E-state index is 0.781. The maximum Gasteiger partial charge on any atom is 0.0425 e. The van der Waals surface area contributed by atoms with Crippen molar-refractivity contribution in [1.82, 2.24) is 4.98 Å². The van der Waals surface area contributed by atoms with Gasteiger partial charge in [0.25, 0.3) is 0 Å². The van der Waals surface area contributed by atoms with Crippen molar-refractivity contribution in [1.29, 1.82) is 0 Å². The fraction of sp³-hybridized carbons (Fsp3) is 0. The molecule has 0 aromatic carbocycles. The molecule has 60 valence electrons. The standard InChI is InChI=1S/C9H8N2S/c10-9-1-3-11-5-8(9)7-2-4-12-6-7/h1-6H,(H2,10,11). The highest BCUT2D eigenvalue weighted by atomic mass is 32.1. The highest BCUT2D eigenvalue weighted by Crippen LogP contribution is 2.25. The summed E-state index contributed by atoms with van der Waals surface area (Å²) in [5.41, 5.74) is 8.71. The fourth-order valence-electron chi connectivity index (χ4n) is 1.06. The van der Waals surface area contributed by atoms with Crippen LogP contribution in [0.15, 0.2) is 35.3 Å². The molecule has 0 saturated carbocycles. The Morgan fingerprint density at radius 2 is 2.25 bits per heavy atom. The maximum absolute atomic E-state index is 5.78. The van der Waals surface area contributed by atoms with Gasteiger partial charge in [0, 0.05) is 23.6 Å². The van der Waals surface area contributed by atoms with E-state index in [-0.39, 0.29) is 0 Å². The number of nitrogens with zero attached hydrogens (tertiary/aromatic N) is 1. The summed E-state index contributed by atoms with van der Waals surface area (Å²) in [6.07, 6.45) is 3.49. The van der Waals surface area contributed by atoms with E-state index in [0.717, 1.165) is 16.8 Å². The molecule has 0 unspecified atom stereocenters. The first-order valence-corrected chi connectivity index (χ1v) is 4.54. The molecule has 0 aliphatic heterocycles. The van der Waals surface area contributed by atoms with Gasteiger partial charge in [0.2, 0.25) is 0 Å². The average molecular weight is 176 g/mol. The van der Waals surface area contributed by atoms with E-state index in [1.54, 1.807) is 23.7 Å². The summed E-state index contributed by atoms with van der Waals surface area (Å²) in [6.45, 7) is 0. The quantitative estimate of drug-likeness (QED) is 0.724. The first-order chi connectivity index (χ1) is 5.88. The van der Waals surface area contributed by atoms with Gasteiger partial charge >= 0.3 is 0 Å². The molecule has 0 spiro atoms. The Morgan fingerprint density at radius 3 is 2.92 bits per heavy atom. The van der Waals surface area contributed by atoms with Gasteiger partial charge in [0.05, 0.1) is 0 Å². The average Bonchev–Trinajstić information content (AvgIpc) is 2.57. The molecule has 0 aliphatic rings. The van der Waals surface area contributed by atoms with Crippen LogP contribution in [-0.4, -0.2) is 4.98 Å². The number of anilines is 1. The second kappa shape index (κ2) is 2.95. The number of rotatable bonds is 1. The molecule has 0 fully saturated rings. The van der Waals surface area contributed by atoms with Crippen LogP contribution in [0.1, 0.15) is 0 Å². The van der Waals surface area contributed by atoms with Gasteiger partial charge in [-0.05, 0) is 28.5 Å². The van der Waals surface area contributed by atoms with Crippen LogP contribution in [0.4, 0.5) is 5.69 Å². The Labute approximate surface area is 74.7 Å². The Hall–Kier alpha value is -1.35. The molecule has 0 amide bonds. The molecule has 0 radical (unpaired) electrons. The summed E-state index contributed by atoms with van der Waals surface area (Å²) in [7, 11) is 0. The molecule has 0 aliphatic carbocycles. The van der Waals surface area contributed by atoms with Crippen molar-refractivity contribution >= 4 is 17.0 Å². The molecule has 0 saturated heterocycles. The summed E-state index contributed by atoms with van der Waals surface area (Å²) in [5.74, 6) is 0. The van der Waals surface area contributed by atoms with E-state index in [4.69, 9.17) is 5.73 Å². The lowest BCUT2D eigenvalue weighted by molar-refractivity contribution is 1.33. The Morgan fingerprint density at radius 1 is 1.33 bits per heavy atom. The second-order valence-electron chi connectivity index (χ2n) is 2.47. The van der Waals surface area contributed by atoms with E-state index < -0.39 is 0 Å². The van der Waals surface area contributed by atoms with E-state index in [1.165, 1.54) is 0 Å². The third-order valence-corrected chi connectivity index (χ3v) is 2.37. The van der Waals surface area contributed by atoms with Crippen molar-refractivity contribution < 1.29 is 0 Å². The number of aromatic nitrogens is 1. The van der Waals surface area contributed by atoms with Gasteiger partial charge in [0.1, 0.15) is 0 Å². The predicted molar refractivity (Wildman–Crippen MR) is 52.0 cm³/mol. The molecule has 2 heterocycles. The monoisotopic (exact) mass is 176 g/mol. The highest BCUT2D eigenvalue weighted by molar-refractivity contribution is 7.08. The second-order valence-corrected chi connectivity index (χ2v) is 3.25. The molecule has 2 aromatic heterocycles. The molecule has 3 heteroatoms. The lowest BCUT2D eigenvalue weighted by Crippen LogP contribution is -1.88. The molecule has 0 atom stereocenters. The number of thiophene rings is 1. The molecule has 12 heavy (non-hydrogen) atoms. The fourth-order valence-corrected chi connectivity index (χ4v) is 1.72. The van der Waals surface area contributed by atoms with Crippen LogP contribution in [0.25, 0.3) is 11.1 Å². The van der Waals surface area contributed by atoms with Gasteiger partial charge in [0.15, 0.2) is 0 Å². The molecule has 2 nitrogen and oxygen atoms in total. The van der Waals surface area contributed by atoms with Crippen molar-refractivity contribution in [2.75, 3.05) is 5.73 Å². The molecular weight excluding hydrogens is 168 g/mol. The topological polar surface area (TPSA) is 38.9 Å². The van der Waals surface area contributed by atoms with Crippen LogP contribution in [-0.2, 0) is 0 Å². The van der Waals surface area contributed by atoms with Crippen LogP contribution >= 0.6 is 11.3 Å². The number of nitrogen functional groups attached to an aromatic ring is 1. The normalized spacial score (nSPS) is 10.0. The van der Waals surface area contributed by atoms with Crippen molar-refractivity contribution in [2.45, 2.75) is 0 Å². The van der Waals surface area contributed by atoms with Crippen molar-refractivity contribution in [3.63, 3.8) is 0 Å². The highest BCUT2D eigenvalue weighted by Gasteiger charge is 2.00. The van der Waals surface area contributed by atoms with Crippen LogP contribution in [0.3, 0.4) is 0 Å². The molecule has 2 rings (SSSR count). The first kappa shape index (κ1) is 7.31. The SMILES string of the molecule is Nc1ccncc1-c1ccsc1. The minimum absolute atomic E-state index is 0.781. The van der Waals surface area contributed by atoms with Crippen LogP contribution < -0.4 is 5.73 Å². The third kappa shape index (κ3) is 1.19. The lowest BCUT2D eigenvalue weighted by Gasteiger charge is -2.00. The third-order valence-electron chi connectivity index (χ3n) is 1.69. The van der Waals surface area contributed by atoms with Crippen molar-refractivity contribution in [3.05, 3.63) is 35.3 Å². The summed E-state index contributed by atoms with van der Waals surface area (Å²) >= 11 is 1.66. The first-order valence-electron chi connectivity index (χ1n) is 3.60. The molecule has 2 aromatic rings. The summed E-state index contributed by atoms with van der Waals surface area (Å²) in [5, 5.41) is 4.09. The molecular formula is C9H8N2S. The van der Waals surface area contributed by atoms with Crippen LogP contribution in [0, 0.1) is 0 Å². The van der Waals surface area contributed by atoms with Crippen molar-refractivity contribution in [2.24, 2.45) is 0 Å². The van der Waals surface area contributed by atoms with Gasteiger partial charge in [-0.15, -0.1) is 0 Å². The van der Waals surface area contributed by atoms with Crippen LogP contribution in [0.2, 0.25) is 0 Å². The molecule has 0 bridgehead atoms.